The molecule has 8 heteroatoms. The number of hydrogen-bond acceptors (Lipinski definition) is 5. The van der Waals surface area contributed by atoms with Crippen LogP contribution in [0.4, 0.5) is 0 Å². The number of hydrogen-bond donors (Lipinski definition) is 0. The maximum atomic E-state index is 13.8. The van der Waals surface area contributed by atoms with E-state index in [2.05, 4.69) is 11.4 Å². The molecule has 0 fully saturated rings. The van der Waals surface area contributed by atoms with Crippen LogP contribution in [0.25, 0.3) is 10.8 Å². The highest BCUT2D eigenvalue weighted by atomic mass is 32.2. The van der Waals surface area contributed by atoms with Crippen LogP contribution in [-0.4, -0.2) is 56.9 Å². The average molecular weight is 521 g/mol. The van der Waals surface area contributed by atoms with E-state index in [1.807, 2.05) is 59.5 Å². The summed E-state index contributed by atoms with van der Waals surface area (Å²) in [5.41, 5.74) is 2.14. The second kappa shape index (κ2) is 10.5. The van der Waals surface area contributed by atoms with Gasteiger partial charge in [-0.2, -0.15) is 4.31 Å². The Morgan fingerprint density at radius 3 is 2.56 bits per heavy atom. The molecular weight excluding hydrogens is 492 g/mol. The first-order chi connectivity index (χ1) is 17.5. The molecule has 1 unspecified atom stereocenters. The third-order valence-electron chi connectivity index (χ3n) is 6.62. The standard InChI is InChI=1S/C28H28N2O4S2/c1-34-17-16-29(36(32,33)24-12-11-21-7-5-6-10-23(21)19-24)20-27(31)30-15-13-26-25(14-18-35-26)28(30)22-8-3-2-4-9-22/h2-12,14,18-19,28H,13,15-17,20H2,1H3. The first-order valence-electron chi connectivity index (χ1n) is 11.9. The third kappa shape index (κ3) is 4.82. The van der Waals surface area contributed by atoms with Crippen LogP contribution in [0, 0.1) is 0 Å². The number of ether oxygens (including phenoxy) is 1. The molecule has 1 aromatic heterocycles. The van der Waals surface area contributed by atoms with Crippen molar-refractivity contribution in [3.8, 4) is 0 Å². The van der Waals surface area contributed by atoms with E-state index in [0.717, 1.165) is 28.3 Å². The fourth-order valence-electron chi connectivity index (χ4n) is 4.78. The molecule has 1 amide bonds. The van der Waals surface area contributed by atoms with Crippen LogP contribution in [0.3, 0.4) is 0 Å². The van der Waals surface area contributed by atoms with Gasteiger partial charge in [-0.15, -0.1) is 11.3 Å². The fraction of sp³-hybridized carbons (Fsp3) is 0.250. The average Bonchev–Trinajstić information content (AvgIpc) is 3.39. The summed E-state index contributed by atoms with van der Waals surface area (Å²) in [5.74, 6) is -0.221. The monoisotopic (exact) mass is 520 g/mol. The van der Waals surface area contributed by atoms with E-state index in [1.165, 1.54) is 16.3 Å². The fourth-order valence-corrected chi connectivity index (χ4v) is 7.09. The Kier molecular flexibility index (Phi) is 7.20. The van der Waals surface area contributed by atoms with Crippen LogP contribution >= 0.6 is 11.3 Å². The maximum Gasteiger partial charge on any atom is 0.243 e. The zero-order valence-corrected chi connectivity index (χ0v) is 21.7. The SMILES string of the molecule is COCCN(CC(=O)N1CCc2sccc2C1c1ccccc1)S(=O)(=O)c1ccc2ccccc2c1. The van der Waals surface area contributed by atoms with Crippen LogP contribution in [0.1, 0.15) is 22.0 Å². The van der Waals surface area contributed by atoms with Gasteiger partial charge in [0.05, 0.1) is 24.1 Å². The first kappa shape index (κ1) is 24.6. The van der Waals surface area contributed by atoms with Crippen molar-refractivity contribution in [1.82, 2.24) is 9.21 Å². The van der Waals surface area contributed by atoms with Crippen molar-refractivity contribution in [2.75, 3.05) is 33.4 Å². The lowest BCUT2D eigenvalue weighted by Gasteiger charge is -2.37. The van der Waals surface area contributed by atoms with Gasteiger partial charge in [-0.25, -0.2) is 8.42 Å². The Hall–Kier alpha value is -3.04. The Morgan fingerprint density at radius 1 is 1.03 bits per heavy atom. The van der Waals surface area contributed by atoms with E-state index in [9.17, 15) is 13.2 Å². The maximum absolute atomic E-state index is 13.8. The highest BCUT2D eigenvalue weighted by molar-refractivity contribution is 7.89. The number of amides is 1. The van der Waals surface area contributed by atoms with Gasteiger partial charge in [0.15, 0.2) is 0 Å². The molecular formula is C28H28N2O4S2. The predicted molar refractivity (Wildman–Crippen MR) is 143 cm³/mol. The van der Waals surface area contributed by atoms with Crippen molar-refractivity contribution < 1.29 is 17.9 Å². The van der Waals surface area contributed by atoms with Gasteiger partial charge in [0, 0.05) is 25.1 Å². The first-order valence-corrected chi connectivity index (χ1v) is 14.2. The number of thiophene rings is 1. The Balaban J connectivity index is 1.46. The van der Waals surface area contributed by atoms with Crippen molar-refractivity contribution in [2.45, 2.75) is 17.4 Å². The van der Waals surface area contributed by atoms with Crippen LogP contribution < -0.4 is 0 Å². The normalized spacial score (nSPS) is 15.8. The van der Waals surface area contributed by atoms with E-state index in [-0.39, 0.29) is 36.5 Å². The molecule has 0 radical (unpaired) electrons. The zero-order chi connectivity index (χ0) is 25.1. The third-order valence-corrected chi connectivity index (χ3v) is 9.45. The van der Waals surface area contributed by atoms with E-state index in [0.29, 0.717) is 6.54 Å². The molecule has 0 N–H and O–H groups in total. The molecule has 1 aliphatic rings. The van der Waals surface area contributed by atoms with Gasteiger partial charge in [-0.1, -0.05) is 60.7 Å². The lowest BCUT2D eigenvalue weighted by atomic mass is 9.93. The van der Waals surface area contributed by atoms with Crippen LogP contribution in [0.2, 0.25) is 0 Å². The molecule has 4 aromatic rings. The number of benzene rings is 3. The number of rotatable bonds is 8. The minimum atomic E-state index is -3.92. The molecule has 3 aromatic carbocycles. The van der Waals surface area contributed by atoms with Crippen molar-refractivity contribution in [3.05, 3.63) is 100 Å². The van der Waals surface area contributed by atoms with E-state index in [4.69, 9.17) is 4.74 Å². The number of carbonyl (C=O) groups is 1. The number of fused-ring (bicyclic) bond motifs is 2. The van der Waals surface area contributed by atoms with Gasteiger partial charge >= 0.3 is 0 Å². The van der Waals surface area contributed by atoms with Crippen LogP contribution in [0.15, 0.2) is 89.1 Å². The highest BCUT2D eigenvalue weighted by Gasteiger charge is 2.35. The number of methoxy groups -OCH3 is 1. The van der Waals surface area contributed by atoms with Crippen molar-refractivity contribution in [2.24, 2.45) is 0 Å². The lowest BCUT2D eigenvalue weighted by molar-refractivity contribution is -0.133. The van der Waals surface area contributed by atoms with Crippen LogP contribution in [-0.2, 0) is 26.0 Å². The molecule has 2 heterocycles. The highest BCUT2D eigenvalue weighted by Crippen LogP contribution is 2.38. The molecule has 0 spiro atoms. The van der Waals surface area contributed by atoms with Gasteiger partial charge in [-0.3, -0.25) is 4.79 Å². The molecule has 36 heavy (non-hydrogen) atoms. The van der Waals surface area contributed by atoms with Crippen LogP contribution in [0.5, 0.6) is 0 Å². The molecule has 1 atom stereocenters. The summed E-state index contributed by atoms with van der Waals surface area (Å²) in [7, 11) is -2.40. The molecule has 5 rings (SSSR count). The molecule has 6 nitrogen and oxygen atoms in total. The number of nitrogens with zero attached hydrogens (tertiary/aromatic N) is 2. The van der Waals surface area contributed by atoms with Crippen molar-refractivity contribution >= 4 is 38.0 Å². The zero-order valence-electron chi connectivity index (χ0n) is 20.0. The minimum absolute atomic E-state index is 0.0882. The second-order valence-electron chi connectivity index (χ2n) is 8.79. The predicted octanol–water partition coefficient (Wildman–Crippen LogP) is 4.71. The van der Waals surface area contributed by atoms with Crippen molar-refractivity contribution in [3.63, 3.8) is 0 Å². The van der Waals surface area contributed by atoms with Gasteiger partial charge in [0.25, 0.3) is 0 Å². The second-order valence-corrected chi connectivity index (χ2v) is 11.7. The van der Waals surface area contributed by atoms with Gasteiger partial charge in [-0.05, 0) is 51.9 Å². The minimum Gasteiger partial charge on any atom is -0.383 e. The van der Waals surface area contributed by atoms with E-state index in [1.54, 1.807) is 29.5 Å². The topological polar surface area (TPSA) is 66.9 Å². The van der Waals surface area contributed by atoms with E-state index < -0.39 is 10.0 Å². The molecule has 1 aliphatic heterocycles. The molecule has 186 valence electrons. The summed E-state index contributed by atoms with van der Waals surface area (Å²) in [4.78, 5) is 17.0. The van der Waals surface area contributed by atoms with E-state index >= 15 is 0 Å². The smallest absolute Gasteiger partial charge is 0.243 e. The molecule has 0 aliphatic carbocycles. The Bertz CT molecular complexity index is 1470. The Labute approximate surface area is 215 Å². The molecule has 0 saturated heterocycles. The summed E-state index contributed by atoms with van der Waals surface area (Å²) in [5, 5.41) is 3.85. The van der Waals surface area contributed by atoms with Gasteiger partial charge < -0.3 is 9.64 Å². The summed E-state index contributed by atoms with van der Waals surface area (Å²) in [6.07, 6.45) is 0.761. The van der Waals surface area contributed by atoms with Crippen molar-refractivity contribution in [1.29, 1.82) is 0 Å². The summed E-state index contributed by atoms with van der Waals surface area (Å²) >= 11 is 1.70. The number of carbonyl (C=O) groups excluding carboxylic acids is 1. The summed E-state index contributed by atoms with van der Waals surface area (Å²) in [6, 6.07) is 24.5. The lowest BCUT2D eigenvalue weighted by Crippen LogP contribution is -2.47. The quantitative estimate of drug-likeness (QED) is 0.337. The van der Waals surface area contributed by atoms with Gasteiger partial charge in [0.1, 0.15) is 0 Å². The summed E-state index contributed by atoms with van der Waals surface area (Å²) in [6.45, 7) is 0.573. The number of sulfonamides is 1. The summed E-state index contributed by atoms with van der Waals surface area (Å²) < 4.78 is 33.9. The molecule has 0 saturated carbocycles. The largest absolute Gasteiger partial charge is 0.383 e. The molecule has 0 bridgehead atoms. The Morgan fingerprint density at radius 2 is 1.78 bits per heavy atom. The van der Waals surface area contributed by atoms with Gasteiger partial charge in [0.2, 0.25) is 15.9 Å².